The lowest BCUT2D eigenvalue weighted by molar-refractivity contribution is 0.373. The van der Waals surface area contributed by atoms with Crippen molar-refractivity contribution in [3.63, 3.8) is 0 Å². The fraction of sp³-hybridized carbons (Fsp3) is 0.538. The third-order valence-electron chi connectivity index (χ3n) is 2.74. The van der Waals surface area contributed by atoms with Gasteiger partial charge in [-0.15, -0.1) is 0 Å². The number of benzene rings is 1. The average molecular weight is 239 g/mol. The first-order valence-corrected chi connectivity index (χ1v) is 5.91. The van der Waals surface area contributed by atoms with Crippen LogP contribution in [0.4, 0.5) is 15.8 Å². The van der Waals surface area contributed by atoms with Gasteiger partial charge in [0, 0.05) is 30.5 Å². The minimum atomic E-state index is -0.282. The second-order valence-electron chi connectivity index (χ2n) is 4.64. The van der Waals surface area contributed by atoms with Crippen molar-refractivity contribution in [2.24, 2.45) is 0 Å². The summed E-state index contributed by atoms with van der Waals surface area (Å²) in [6.45, 7) is 5.94. The number of anilines is 2. The van der Waals surface area contributed by atoms with Crippen LogP contribution >= 0.6 is 0 Å². The molecule has 0 bridgehead atoms. The van der Waals surface area contributed by atoms with Crippen molar-refractivity contribution in [1.29, 1.82) is 0 Å². The Balaban J connectivity index is 2.92. The summed E-state index contributed by atoms with van der Waals surface area (Å²) in [4.78, 5) is 4.27. The van der Waals surface area contributed by atoms with Gasteiger partial charge in [-0.1, -0.05) is 0 Å². The molecule has 0 aromatic heterocycles. The van der Waals surface area contributed by atoms with Crippen LogP contribution in [0.1, 0.15) is 13.8 Å². The van der Waals surface area contributed by atoms with Crippen LogP contribution < -0.4 is 10.6 Å². The Morgan fingerprint density at radius 1 is 1.29 bits per heavy atom. The molecular formula is C13H22FN3. The Morgan fingerprint density at radius 2 is 1.94 bits per heavy atom. The van der Waals surface area contributed by atoms with Gasteiger partial charge < -0.3 is 15.5 Å². The molecule has 0 fully saturated rings. The minimum absolute atomic E-state index is 0.282. The highest BCUT2D eigenvalue weighted by molar-refractivity contribution is 5.56. The maximum atomic E-state index is 13.3. The van der Waals surface area contributed by atoms with Crippen molar-refractivity contribution in [3.8, 4) is 0 Å². The normalized spacial score (nSPS) is 12.8. The van der Waals surface area contributed by atoms with E-state index in [2.05, 4.69) is 23.6 Å². The van der Waals surface area contributed by atoms with E-state index in [9.17, 15) is 4.39 Å². The summed E-state index contributed by atoms with van der Waals surface area (Å²) in [7, 11) is 4.06. The van der Waals surface area contributed by atoms with Crippen LogP contribution in [0.2, 0.25) is 0 Å². The average Bonchev–Trinajstić information content (AvgIpc) is 2.15. The Kier molecular flexibility index (Phi) is 4.75. The standard InChI is InChI=1S/C13H22FN3/c1-5-17(10(2)9-16(3)4)13-7-11(14)6-12(15)8-13/h6-8,10H,5,9,15H2,1-4H3. The Labute approximate surface area is 103 Å². The molecule has 96 valence electrons. The van der Waals surface area contributed by atoms with Crippen LogP contribution in [0.15, 0.2) is 18.2 Å². The molecule has 0 saturated heterocycles. The lowest BCUT2D eigenvalue weighted by Gasteiger charge is -2.32. The molecule has 17 heavy (non-hydrogen) atoms. The van der Waals surface area contributed by atoms with Gasteiger partial charge in [-0.25, -0.2) is 4.39 Å². The molecule has 1 atom stereocenters. The lowest BCUT2D eigenvalue weighted by atomic mass is 10.2. The molecule has 4 heteroatoms. The molecule has 1 aromatic carbocycles. The number of hydrogen-bond acceptors (Lipinski definition) is 3. The predicted octanol–water partition coefficient (Wildman–Crippen LogP) is 2.18. The van der Waals surface area contributed by atoms with E-state index in [-0.39, 0.29) is 5.82 Å². The summed E-state index contributed by atoms with van der Waals surface area (Å²) in [6.07, 6.45) is 0. The van der Waals surface area contributed by atoms with Gasteiger partial charge in [0.05, 0.1) is 0 Å². The van der Waals surface area contributed by atoms with Gasteiger partial charge in [0.2, 0.25) is 0 Å². The third kappa shape index (κ3) is 3.89. The Bertz CT molecular complexity index is 345. The van der Waals surface area contributed by atoms with Gasteiger partial charge >= 0.3 is 0 Å². The van der Waals surface area contributed by atoms with Crippen LogP contribution in [-0.2, 0) is 0 Å². The molecule has 3 nitrogen and oxygen atoms in total. The summed E-state index contributed by atoms with van der Waals surface area (Å²) in [6, 6.07) is 5.01. The van der Waals surface area contributed by atoms with Crippen LogP contribution in [0.3, 0.4) is 0 Å². The van der Waals surface area contributed by atoms with Gasteiger partial charge in [0.1, 0.15) is 5.82 Å². The molecule has 0 spiro atoms. The number of nitrogens with two attached hydrogens (primary N) is 1. The molecule has 0 amide bonds. The van der Waals surface area contributed by atoms with Crippen molar-refractivity contribution < 1.29 is 4.39 Å². The Morgan fingerprint density at radius 3 is 2.41 bits per heavy atom. The van der Waals surface area contributed by atoms with E-state index in [1.807, 2.05) is 20.2 Å². The van der Waals surface area contributed by atoms with E-state index in [4.69, 9.17) is 5.73 Å². The van der Waals surface area contributed by atoms with Crippen molar-refractivity contribution >= 4 is 11.4 Å². The zero-order valence-corrected chi connectivity index (χ0v) is 11.1. The summed E-state index contributed by atoms with van der Waals surface area (Å²) in [5.74, 6) is -0.282. The zero-order valence-electron chi connectivity index (χ0n) is 11.1. The highest BCUT2D eigenvalue weighted by Gasteiger charge is 2.14. The predicted molar refractivity (Wildman–Crippen MR) is 71.8 cm³/mol. The second-order valence-corrected chi connectivity index (χ2v) is 4.64. The number of nitrogens with zero attached hydrogens (tertiary/aromatic N) is 2. The van der Waals surface area contributed by atoms with Crippen molar-refractivity contribution in [2.75, 3.05) is 37.8 Å². The van der Waals surface area contributed by atoms with Gasteiger partial charge in [-0.05, 0) is 46.1 Å². The molecule has 0 aliphatic carbocycles. The van der Waals surface area contributed by atoms with E-state index in [0.717, 1.165) is 18.8 Å². The maximum absolute atomic E-state index is 13.3. The van der Waals surface area contributed by atoms with E-state index >= 15 is 0 Å². The summed E-state index contributed by atoms with van der Waals surface area (Å²) in [5.41, 5.74) is 6.99. The highest BCUT2D eigenvalue weighted by Crippen LogP contribution is 2.22. The second kappa shape index (κ2) is 5.87. The molecule has 0 aliphatic heterocycles. The SMILES string of the molecule is CCN(c1cc(N)cc(F)c1)C(C)CN(C)C. The summed E-state index contributed by atoms with van der Waals surface area (Å²) < 4.78 is 13.3. The number of likely N-dealkylation sites (N-methyl/N-ethyl adjacent to an activating group) is 2. The van der Waals surface area contributed by atoms with Crippen molar-refractivity contribution in [1.82, 2.24) is 4.90 Å². The highest BCUT2D eigenvalue weighted by atomic mass is 19.1. The van der Waals surface area contributed by atoms with E-state index in [1.165, 1.54) is 12.1 Å². The topological polar surface area (TPSA) is 32.5 Å². The van der Waals surface area contributed by atoms with E-state index < -0.39 is 0 Å². The van der Waals surface area contributed by atoms with Crippen LogP contribution in [0.25, 0.3) is 0 Å². The molecule has 0 saturated carbocycles. The number of nitrogen functional groups attached to an aromatic ring is 1. The van der Waals surface area contributed by atoms with Gasteiger partial charge in [0.25, 0.3) is 0 Å². The molecule has 1 unspecified atom stereocenters. The fourth-order valence-electron chi connectivity index (χ4n) is 2.14. The molecule has 1 aromatic rings. The molecule has 0 aliphatic rings. The van der Waals surface area contributed by atoms with Crippen molar-refractivity contribution in [3.05, 3.63) is 24.0 Å². The molecule has 0 radical (unpaired) electrons. The first-order valence-electron chi connectivity index (χ1n) is 5.91. The largest absolute Gasteiger partial charge is 0.399 e. The van der Waals surface area contributed by atoms with Gasteiger partial charge in [-0.3, -0.25) is 0 Å². The third-order valence-corrected chi connectivity index (χ3v) is 2.74. The van der Waals surface area contributed by atoms with Crippen LogP contribution in [0, 0.1) is 5.82 Å². The summed E-state index contributed by atoms with van der Waals surface area (Å²) in [5, 5.41) is 0. The molecule has 2 N–H and O–H groups in total. The lowest BCUT2D eigenvalue weighted by Crippen LogP contribution is -2.40. The smallest absolute Gasteiger partial charge is 0.127 e. The van der Waals surface area contributed by atoms with Gasteiger partial charge in [0.15, 0.2) is 0 Å². The number of halogens is 1. The fourth-order valence-corrected chi connectivity index (χ4v) is 2.14. The number of rotatable bonds is 5. The van der Waals surface area contributed by atoms with Gasteiger partial charge in [-0.2, -0.15) is 0 Å². The monoisotopic (exact) mass is 239 g/mol. The number of hydrogen-bond donors (Lipinski definition) is 1. The Hall–Kier alpha value is -1.29. The quantitative estimate of drug-likeness (QED) is 0.799. The maximum Gasteiger partial charge on any atom is 0.127 e. The van der Waals surface area contributed by atoms with Crippen LogP contribution in [0.5, 0.6) is 0 Å². The first kappa shape index (κ1) is 13.8. The van der Waals surface area contributed by atoms with Crippen LogP contribution in [-0.4, -0.2) is 38.1 Å². The zero-order chi connectivity index (χ0) is 13.0. The van der Waals surface area contributed by atoms with E-state index in [1.54, 1.807) is 0 Å². The first-order chi connectivity index (χ1) is 7.93. The molecular weight excluding hydrogens is 217 g/mol. The summed E-state index contributed by atoms with van der Waals surface area (Å²) >= 11 is 0. The molecule has 1 rings (SSSR count). The minimum Gasteiger partial charge on any atom is -0.399 e. The van der Waals surface area contributed by atoms with E-state index in [0.29, 0.717) is 11.7 Å². The van der Waals surface area contributed by atoms with Crippen molar-refractivity contribution in [2.45, 2.75) is 19.9 Å². The molecule has 0 heterocycles.